The van der Waals surface area contributed by atoms with E-state index in [4.69, 9.17) is 4.18 Å². The normalized spacial score (nSPS) is 28.8. The molecule has 0 saturated carbocycles. The van der Waals surface area contributed by atoms with Gasteiger partial charge in [-0.15, -0.1) is 0 Å². The molecule has 1 aliphatic rings. The molecule has 2 rings (SSSR count). The van der Waals surface area contributed by atoms with Crippen molar-refractivity contribution in [2.24, 2.45) is 0 Å². The first-order chi connectivity index (χ1) is 9.08. The summed E-state index contributed by atoms with van der Waals surface area (Å²) in [4.78, 5) is 0. The molecular formula is C13H16F3NO2S. The third-order valence-electron chi connectivity index (χ3n) is 3.21. The fourth-order valence-electron chi connectivity index (χ4n) is 2.06. The zero-order chi connectivity index (χ0) is 15.2. The van der Waals surface area contributed by atoms with Crippen molar-refractivity contribution in [3.63, 3.8) is 0 Å². The second-order valence-electron chi connectivity index (χ2n) is 5.70. The molecule has 112 valence electrons. The van der Waals surface area contributed by atoms with Gasteiger partial charge in [-0.1, -0.05) is 30.3 Å². The zero-order valence-corrected chi connectivity index (χ0v) is 12.2. The highest BCUT2D eigenvalue weighted by Crippen LogP contribution is 2.48. The average Bonchev–Trinajstić information content (AvgIpc) is 2.69. The maximum Gasteiger partial charge on any atom is 0.424 e. The first kappa shape index (κ1) is 15.5. The van der Waals surface area contributed by atoms with Gasteiger partial charge in [-0.3, -0.25) is 4.18 Å². The van der Waals surface area contributed by atoms with Gasteiger partial charge in [0.05, 0.1) is 6.54 Å². The number of rotatable bonds is 1. The number of nitrogens with zero attached hydrogens (tertiary/aromatic N) is 1. The van der Waals surface area contributed by atoms with Crippen molar-refractivity contribution >= 4 is 11.3 Å². The van der Waals surface area contributed by atoms with Crippen LogP contribution in [0.5, 0.6) is 0 Å². The van der Waals surface area contributed by atoms with E-state index in [0.29, 0.717) is 0 Å². The van der Waals surface area contributed by atoms with E-state index in [1.807, 2.05) is 0 Å². The van der Waals surface area contributed by atoms with Gasteiger partial charge in [-0.25, -0.2) is 4.21 Å². The SMILES string of the molecule is CC(C)(C)N1CC(c2ccccc2)(C(F)(F)F)OS1=O. The Balaban J connectivity index is 2.51. The summed E-state index contributed by atoms with van der Waals surface area (Å²) in [5.74, 6) is 0. The third kappa shape index (κ3) is 2.49. The van der Waals surface area contributed by atoms with Crippen LogP contribution in [0.4, 0.5) is 13.2 Å². The standard InChI is InChI=1S/C13H16F3NO2S/c1-11(2,3)17-9-12(13(14,15)16,19-20(17)18)10-7-5-4-6-8-10/h4-8H,9H2,1-3H3. The van der Waals surface area contributed by atoms with Crippen LogP contribution in [0.3, 0.4) is 0 Å². The van der Waals surface area contributed by atoms with Crippen molar-refractivity contribution in [3.8, 4) is 0 Å². The van der Waals surface area contributed by atoms with Crippen LogP contribution >= 0.6 is 0 Å². The molecule has 7 heteroatoms. The molecule has 2 atom stereocenters. The van der Waals surface area contributed by atoms with E-state index in [2.05, 4.69) is 0 Å². The Morgan fingerprint density at radius 2 is 1.75 bits per heavy atom. The summed E-state index contributed by atoms with van der Waals surface area (Å²) in [6.45, 7) is 4.61. The monoisotopic (exact) mass is 307 g/mol. The van der Waals surface area contributed by atoms with Gasteiger partial charge in [0.2, 0.25) is 16.9 Å². The average molecular weight is 307 g/mol. The molecule has 0 aromatic heterocycles. The topological polar surface area (TPSA) is 29.5 Å². The van der Waals surface area contributed by atoms with Gasteiger partial charge in [0, 0.05) is 5.54 Å². The van der Waals surface area contributed by atoms with Crippen molar-refractivity contribution in [3.05, 3.63) is 35.9 Å². The third-order valence-corrected chi connectivity index (χ3v) is 4.67. The quantitative estimate of drug-likeness (QED) is 0.797. The van der Waals surface area contributed by atoms with Crippen LogP contribution < -0.4 is 0 Å². The molecule has 3 nitrogen and oxygen atoms in total. The van der Waals surface area contributed by atoms with Gasteiger partial charge in [0.25, 0.3) is 0 Å². The molecular weight excluding hydrogens is 291 g/mol. The van der Waals surface area contributed by atoms with Crippen LogP contribution in [0.15, 0.2) is 30.3 Å². The summed E-state index contributed by atoms with van der Waals surface area (Å²) in [6.07, 6.45) is -4.65. The van der Waals surface area contributed by atoms with Gasteiger partial charge in [-0.05, 0) is 26.3 Å². The van der Waals surface area contributed by atoms with E-state index in [-0.39, 0.29) is 5.56 Å². The molecule has 1 aromatic rings. The molecule has 0 amide bonds. The lowest BCUT2D eigenvalue weighted by Gasteiger charge is -2.32. The fourth-order valence-corrected chi connectivity index (χ4v) is 3.37. The van der Waals surface area contributed by atoms with Gasteiger partial charge >= 0.3 is 6.18 Å². The van der Waals surface area contributed by atoms with Crippen molar-refractivity contribution in [1.82, 2.24) is 4.31 Å². The van der Waals surface area contributed by atoms with E-state index < -0.39 is 35.1 Å². The predicted octanol–water partition coefficient (Wildman–Crippen LogP) is 3.15. The second kappa shape index (κ2) is 4.82. The van der Waals surface area contributed by atoms with Gasteiger partial charge in [0.15, 0.2) is 0 Å². The lowest BCUT2D eigenvalue weighted by Crippen LogP contribution is -2.48. The van der Waals surface area contributed by atoms with E-state index in [9.17, 15) is 17.4 Å². The van der Waals surface area contributed by atoms with E-state index >= 15 is 0 Å². The Morgan fingerprint density at radius 1 is 1.20 bits per heavy atom. The Labute approximate surface area is 118 Å². The Morgan fingerprint density at radius 3 is 2.15 bits per heavy atom. The molecule has 0 bridgehead atoms. The van der Waals surface area contributed by atoms with Gasteiger partial charge in [-0.2, -0.15) is 17.5 Å². The minimum absolute atomic E-state index is 0.0346. The summed E-state index contributed by atoms with van der Waals surface area (Å²) in [6, 6.07) is 7.33. The van der Waals surface area contributed by atoms with Crippen LogP contribution in [0.1, 0.15) is 26.3 Å². The van der Waals surface area contributed by atoms with E-state index in [1.54, 1.807) is 26.8 Å². The van der Waals surface area contributed by atoms with Crippen LogP contribution in [0.25, 0.3) is 0 Å². The number of hydrogen-bond acceptors (Lipinski definition) is 2. The highest BCUT2D eigenvalue weighted by Gasteiger charge is 2.65. The highest BCUT2D eigenvalue weighted by molar-refractivity contribution is 7.78. The minimum atomic E-state index is -4.65. The molecule has 0 radical (unpaired) electrons. The summed E-state index contributed by atoms with van der Waals surface area (Å²) in [5, 5.41) is 0. The number of alkyl halides is 3. The highest BCUT2D eigenvalue weighted by atomic mass is 32.2. The zero-order valence-electron chi connectivity index (χ0n) is 11.4. The maximum absolute atomic E-state index is 13.6. The Hall–Kier alpha value is -0.920. The van der Waals surface area contributed by atoms with Crippen molar-refractivity contribution in [2.75, 3.05) is 6.54 Å². The number of hydrogen-bond donors (Lipinski definition) is 0. The summed E-state index contributed by atoms with van der Waals surface area (Å²) in [5.41, 5.74) is -3.27. The summed E-state index contributed by atoms with van der Waals surface area (Å²) >= 11 is -2.13. The largest absolute Gasteiger partial charge is 0.424 e. The van der Waals surface area contributed by atoms with E-state index in [1.165, 1.54) is 28.6 Å². The van der Waals surface area contributed by atoms with Crippen molar-refractivity contribution < 1.29 is 21.6 Å². The molecule has 0 aliphatic carbocycles. The molecule has 1 aromatic carbocycles. The number of halogens is 3. The van der Waals surface area contributed by atoms with Crippen LogP contribution in [0.2, 0.25) is 0 Å². The molecule has 1 aliphatic heterocycles. The minimum Gasteiger partial charge on any atom is -0.255 e. The summed E-state index contributed by atoms with van der Waals surface area (Å²) in [7, 11) is 0. The van der Waals surface area contributed by atoms with Crippen LogP contribution in [0, 0.1) is 0 Å². The second-order valence-corrected chi connectivity index (χ2v) is 6.74. The van der Waals surface area contributed by atoms with E-state index in [0.717, 1.165) is 0 Å². The maximum atomic E-state index is 13.6. The smallest absolute Gasteiger partial charge is 0.255 e. The first-order valence-corrected chi connectivity index (χ1v) is 7.12. The molecule has 0 spiro atoms. The summed E-state index contributed by atoms with van der Waals surface area (Å²) < 4.78 is 58.7. The van der Waals surface area contributed by atoms with Gasteiger partial charge in [0.1, 0.15) is 0 Å². The van der Waals surface area contributed by atoms with Gasteiger partial charge < -0.3 is 0 Å². The molecule has 1 saturated heterocycles. The molecule has 20 heavy (non-hydrogen) atoms. The lowest BCUT2D eigenvalue weighted by molar-refractivity contribution is -0.245. The van der Waals surface area contributed by atoms with Crippen molar-refractivity contribution in [2.45, 2.75) is 38.1 Å². The Bertz CT molecular complexity index is 513. The first-order valence-electron chi connectivity index (χ1n) is 6.09. The molecule has 2 unspecified atom stereocenters. The molecule has 1 fully saturated rings. The van der Waals surface area contributed by atoms with Crippen molar-refractivity contribution in [1.29, 1.82) is 0 Å². The number of benzene rings is 1. The predicted molar refractivity (Wildman–Crippen MR) is 69.9 cm³/mol. The van der Waals surface area contributed by atoms with Crippen LogP contribution in [-0.4, -0.2) is 26.8 Å². The fraction of sp³-hybridized carbons (Fsp3) is 0.538. The Kier molecular flexibility index (Phi) is 3.73. The molecule has 1 heterocycles. The lowest BCUT2D eigenvalue weighted by atomic mass is 9.92. The molecule has 0 N–H and O–H groups in total. The van der Waals surface area contributed by atoms with Crippen LogP contribution in [-0.2, 0) is 21.1 Å².